The second kappa shape index (κ2) is 8.24. The average Bonchev–Trinajstić information content (AvgIpc) is 3.00. The van der Waals surface area contributed by atoms with E-state index in [1.807, 2.05) is 13.0 Å². The van der Waals surface area contributed by atoms with Crippen LogP contribution in [0.15, 0.2) is 30.3 Å². The van der Waals surface area contributed by atoms with Crippen molar-refractivity contribution in [2.75, 3.05) is 7.11 Å². The largest absolute Gasteiger partial charge is 0.497 e. The van der Waals surface area contributed by atoms with Gasteiger partial charge in [-0.15, -0.1) is 10.2 Å². The number of nitrogens with one attached hydrogen (secondary N) is 1. The molecule has 0 aliphatic heterocycles. The fourth-order valence-corrected chi connectivity index (χ4v) is 2.96. The number of Topliss-reactive ketones (excluding diaryl/α,β-unsaturated/α-hetero) is 1. The Morgan fingerprint density at radius 2 is 1.93 bits per heavy atom. The summed E-state index contributed by atoms with van der Waals surface area (Å²) in [6.07, 6.45) is 1.83. The Kier molecular flexibility index (Phi) is 5.77. The lowest BCUT2D eigenvalue weighted by Crippen LogP contribution is -2.26. The molecular formula is C20H25N5O3. The molecule has 1 aromatic carbocycles. The minimum absolute atomic E-state index is 0.0120. The summed E-state index contributed by atoms with van der Waals surface area (Å²) in [6.45, 7) is 5.95. The van der Waals surface area contributed by atoms with Crippen LogP contribution in [0.2, 0.25) is 0 Å². The van der Waals surface area contributed by atoms with Crippen LogP contribution in [-0.4, -0.2) is 38.4 Å². The Hall–Kier alpha value is -3.16. The van der Waals surface area contributed by atoms with E-state index in [0.717, 1.165) is 18.4 Å². The summed E-state index contributed by atoms with van der Waals surface area (Å²) in [5, 5.41) is 17.0. The van der Waals surface area contributed by atoms with E-state index in [2.05, 4.69) is 24.0 Å². The maximum Gasteiger partial charge on any atom is 0.242 e. The number of rotatable bonds is 8. The molecular weight excluding hydrogens is 358 g/mol. The molecule has 0 radical (unpaired) electrons. The second-order valence-corrected chi connectivity index (χ2v) is 6.64. The maximum atomic E-state index is 12.7. The van der Waals surface area contributed by atoms with Gasteiger partial charge in [0.25, 0.3) is 0 Å². The van der Waals surface area contributed by atoms with Gasteiger partial charge in [-0.25, -0.2) is 4.68 Å². The maximum absolute atomic E-state index is 12.7. The number of nitrogens with zero attached hydrogens (tertiary/aromatic N) is 4. The topological polar surface area (TPSA) is 94.5 Å². The normalized spacial score (nSPS) is 11.2. The zero-order valence-corrected chi connectivity index (χ0v) is 16.6. The minimum atomic E-state index is -0.155. The molecule has 0 bridgehead atoms. The van der Waals surface area contributed by atoms with Crippen molar-refractivity contribution in [2.45, 2.75) is 46.3 Å². The third-order valence-corrected chi connectivity index (χ3v) is 4.56. The molecule has 0 unspecified atom stereocenters. The summed E-state index contributed by atoms with van der Waals surface area (Å²) in [6, 6.07) is 8.81. The number of ketones is 1. The molecule has 0 saturated heterocycles. The van der Waals surface area contributed by atoms with Gasteiger partial charge in [-0.2, -0.15) is 4.52 Å². The Balaban J connectivity index is 1.87. The summed E-state index contributed by atoms with van der Waals surface area (Å²) in [7, 11) is 1.56. The highest BCUT2D eigenvalue weighted by Crippen LogP contribution is 2.17. The zero-order valence-electron chi connectivity index (χ0n) is 16.6. The van der Waals surface area contributed by atoms with Crippen LogP contribution in [0.5, 0.6) is 11.6 Å². The molecule has 0 atom stereocenters. The van der Waals surface area contributed by atoms with Gasteiger partial charge in [0.2, 0.25) is 11.5 Å². The monoisotopic (exact) mass is 383 g/mol. The standard InChI is InChI=1S/C20H25N5O3/c1-5-15(6-2)28-19-8-7-18-22-24(20(21)25(18)23-19)12-17(26)14-9-13(3)10-16(11-14)27-4/h7-11,15,21H,5-6,12H2,1-4H3. The highest BCUT2D eigenvalue weighted by Gasteiger charge is 2.14. The third kappa shape index (κ3) is 4.05. The molecule has 0 amide bonds. The van der Waals surface area contributed by atoms with Gasteiger partial charge in [-0.3, -0.25) is 10.2 Å². The van der Waals surface area contributed by atoms with Crippen molar-refractivity contribution in [1.29, 1.82) is 5.41 Å². The molecule has 28 heavy (non-hydrogen) atoms. The van der Waals surface area contributed by atoms with E-state index >= 15 is 0 Å². The van der Waals surface area contributed by atoms with E-state index in [1.54, 1.807) is 31.4 Å². The quantitative estimate of drug-likeness (QED) is 0.604. The summed E-state index contributed by atoms with van der Waals surface area (Å²) in [5.41, 5.74) is 1.94. The first-order valence-electron chi connectivity index (χ1n) is 9.32. The number of hydrogen-bond acceptors (Lipinski definition) is 6. The van der Waals surface area contributed by atoms with E-state index < -0.39 is 0 Å². The average molecular weight is 383 g/mol. The molecule has 0 spiro atoms. The highest BCUT2D eigenvalue weighted by molar-refractivity contribution is 5.96. The van der Waals surface area contributed by atoms with Crippen molar-refractivity contribution < 1.29 is 14.3 Å². The first-order valence-corrected chi connectivity index (χ1v) is 9.32. The van der Waals surface area contributed by atoms with Gasteiger partial charge in [-0.1, -0.05) is 13.8 Å². The molecule has 0 saturated carbocycles. The second-order valence-electron chi connectivity index (χ2n) is 6.64. The van der Waals surface area contributed by atoms with Crippen molar-refractivity contribution in [1.82, 2.24) is 19.4 Å². The fourth-order valence-electron chi connectivity index (χ4n) is 2.96. The van der Waals surface area contributed by atoms with Gasteiger partial charge in [0.05, 0.1) is 13.2 Å². The lowest BCUT2D eigenvalue weighted by molar-refractivity contribution is 0.0965. The number of benzene rings is 1. The van der Waals surface area contributed by atoms with Crippen molar-refractivity contribution in [2.24, 2.45) is 0 Å². The van der Waals surface area contributed by atoms with Crippen molar-refractivity contribution in [3.63, 3.8) is 0 Å². The molecule has 0 aliphatic rings. The van der Waals surface area contributed by atoms with E-state index in [1.165, 1.54) is 9.20 Å². The predicted molar refractivity (Wildman–Crippen MR) is 104 cm³/mol. The molecule has 148 valence electrons. The lowest BCUT2D eigenvalue weighted by atomic mass is 10.1. The molecule has 2 aromatic heterocycles. The van der Waals surface area contributed by atoms with Crippen LogP contribution in [0.25, 0.3) is 5.65 Å². The smallest absolute Gasteiger partial charge is 0.242 e. The number of carbonyl (C=O) groups is 1. The van der Waals surface area contributed by atoms with Crippen LogP contribution in [0.4, 0.5) is 0 Å². The van der Waals surface area contributed by atoms with Gasteiger partial charge in [0, 0.05) is 11.6 Å². The Morgan fingerprint density at radius 1 is 1.18 bits per heavy atom. The highest BCUT2D eigenvalue weighted by atomic mass is 16.5. The Labute approximate surface area is 163 Å². The number of hydrogen-bond donors (Lipinski definition) is 1. The van der Waals surface area contributed by atoms with Gasteiger partial charge < -0.3 is 9.47 Å². The number of aryl methyl sites for hydroxylation is 1. The number of carbonyl (C=O) groups excluding carboxylic acids is 1. The van der Waals surface area contributed by atoms with Crippen LogP contribution >= 0.6 is 0 Å². The SMILES string of the molecule is CCC(CC)Oc1ccc2nn(CC(=O)c3cc(C)cc(OC)c3)c(=N)n2n1. The van der Waals surface area contributed by atoms with Crippen LogP contribution < -0.4 is 15.1 Å². The summed E-state index contributed by atoms with van der Waals surface area (Å²) in [4.78, 5) is 12.7. The fraction of sp³-hybridized carbons (Fsp3) is 0.400. The van der Waals surface area contributed by atoms with Crippen molar-refractivity contribution >= 4 is 11.4 Å². The Morgan fingerprint density at radius 3 is 2.61 bits per heavy atom. The number of ether oxygens (including phenoxy) is 2. The van der Waals surface area contributed by atoms with Crippen molar-refractivity contribution in [3.05, 3.63) is 47.1 Å². The number of aromatic nitrogens is 4. The molecule has 2 heterocycles. The summed E-state index contributed by atoms with van der Waals surface area (Å²) >= 11 is 0. The summed E-state index contributed by atoms with van der Waals surface area (Å²) < 4.78 is 13.8. The number of fused-ring (bicyclic) bond motifs is 1. The van der Waals surface area contributed by atoms with E-state index in [9.17, 15) is 4.79 Å². The van der Waals surface area contributed by atoms with Crippen LogP contribution in [0.3, 0.4) is 0 Å². The van der Waals surface area contributed by atoms with Crippen molar-refractivity contribution in [3.8, 4) is 11.6 Å². The molecule has 1 N–H and O–H groups in total. The molecule has 0 aliphatic carbocycles. The lowest BCUT2D eigenvalue weighted by Gasteiger charge is -2.14. The van der Waals surface area contributed by atoms with Crippen LogP contribution in [0, 0.1) is 12.3 Å². The first kappa shape index (κ1) is 19.6. The van der Waals surface area contributed by atoms with Gasteiger partial charge in [-0.05, 0) is 49.6 Å². The van der Waals surface area contributed by atoms with E-state index in [4.69, 9.17) is 14.9 Å². The molecule has 8 nitrogen and oxygen atoms in total. The van der Waals surface area contributed by atoms with Gasteiger partial charge >= 0.3 is 0 Å². The van der Waals surface area contributed by atoms with Crippen LogP contribution in [0.1, 0.15) is 42.6 Å². The van der Waals surface area contributed by atoms with Gasteiger partial charge in [0.15, 0.2) is 11.4 Å². The molecule has 0 fully saturated rings. The first-order chi connectivity index (χ1) is 13.4. The zero-order chi connectivity index (χ0) is 20.3. The molecule has 3 rings (SSSR count). The van der Waals surface area contributed by atoms with Gasteiger partial charge in [0.1, 0.15) is 12.3 Å². The molecule has 3 aromatic rings. The summed E-state index contributed by atoms with van der Waals surface area (Å²) in [5.74, 6) is 0.908. The third-order valence-electron chi connectivity index (χ3n) is 4.56. The van der Waals surface area contributed by atoms with E-state index in [0.29, 0.717) is 22.8 Å². The van der Waals surface area contributed by atoms with E-state index in [-0.39, 0.29) is 24.1 Å². The minimum Gasteiger partial charge on any atom is -0.497 e. The Bertz CT molecular complexity index is 1050. The predicted octanol–water partition coefficient (Wildman–Crippen LogP) is 2.78. The molecule has 8 heteroatoms. The van der Waals surface area contributed by atoms with Crippen LogP contribution in [-0.2, 0) is 6.54 Å². The number of methoxy groups -OCH3 is 1.